The van der Waals surface area contributed by atoms with Crippen LogP contribution in [0.25, 0.3) is 11.6 Å². The van der Waals surface area contributed by atoms with E-state index in [4.69, 9.17) is 0 Å². The molecule has 2 rings (SSSR count). The Kier molecular flexibility index (Phi) is 3.46. The zero-order chi connectivity index (χ0) is 14.0. The van der Waals surface area contributed by atoms with Gasteiger partial charge in [0.15, 0.2) is 5.78 Å². The molecule has 0 fully saturated rings. The smallest absolute Gasteiger partial charge is 0.341 e. The van der Waals surface area contributed by atoms with Crippen LogP contribution in [0.1, 0.15) is 18.2 Å². The van der Waals surface area contributed by atoms with Gasteiger partial charge in [-0.2, -0.15) is 5.10 Å². The minimum atomic E-state index is -0.637. The van der Waals surface area contributed by atoms with Crippen molar-refractivity contribution >= 4 is 23.3 Å². The minimum absolute atomic E-state index is 0.0179. The van der Waals surface area contributed by atoms with E-state index in [1.165, 1.54) is 20.1 Å². The van der Waals surface area contributed by atoms with Crippen molar-refractivity contribution in [3.05, 3.63) is 41.2 Å². The molecule has 0 amide bonds. The number of methoxy groups -OCH3 is 1. The Hall–Kier alpha value is -2.43. The van der Waals surface area contributed by atoms with Gasteiger partial charge in [0.25, 0.3) is 0 Å². The van der Waals surface area contributed by atoms with Gasteiger partial charge in [0, 0.05) is 11.8 Å². The van der Waals surface area contributed by atoms with Gasteiger partial charge in [-0.05, 0) is 32.1 Å². The highest BCUT2D eigenvalue weighted by Gasteiger charge is 2.17. The highest BCUT2D eigenvalue weighted by atomic mass is 16.5. The molecule has 2 heterocycles. The molecule has 0 bridgehead atoms. The van der Waals surface area contributed by atoms with Crippen molar-refractivity contribution < 1.29 is 14.3 Å². The summed E-state index contributed by atoms with van der Waals surface area (Å²) in [6.07, 6.45) is 3.34. The number of rotatable bonds is 3. The summed E-state index contributed by atoms with van der Waals surface area (Å²) in [5.74, 6) is -0.969. The predicted molar refractivity (Wildman–Crippen MR) is 70.6 cm³/mol. The molecular weight excluding hydrogens is 244 g/mol. The number of ketones is 1. The summed E-state index contributed by atoms with van der Waals surface area (Å²) in [5, 5.41) is 4.32. The van der Waals surface area contributed by atoms with E-state index in [0.717, 1.165) is 16.8 Å². The summed E-state index contributed by atoms with van der Waals surface area (Å²) in [5.41, 5.74) is 2.34. The number of hydrogen-bond donors (Lipinski definition) is 0. The Labute approximate surface area is 110 Å². The topological polar surface area (TPSA) is 60.7 Å². The highest BCUT2D eigenvalue weighted by molar-refractivity contribution is 6.20. The third-order valence-corrected chi connectivity index (χ3v) is 2.84. The van der Waals surface area contributed by atoms with Gasteiger partial charge < -0.3 is 4.74 Å². The van der Waals surface area contributed by atoms with E-state index in [-0.39, 0.29) is 11.4 Å². The molecule has 2 aromatic rings. The SMILES string of the molecule is COC(=O)C(=Cc1c(C)nn2ccccc12)C(C)=O. The number of Topliss-reactive ketones (excluding diaryl/α,β-unsaturated/α-hetero) is 1. The zero-order valence-electron chi connectivity index (χ0n) is 11.0. The van der Waals surface area contributed by atoms with Crippen molar-refractivity contribution in [2.45, 2.75) is 13.8 Å². The average molecular weight is 258 g/mol. The monoisotopic (exact) mass is 258 g/mol. The molecule has 0 aliphatic carbocycles. The fraction of sp³-hybridized carbons (Fsp3) is 0.214. The van der Waals surface area contributed by atoms with Crippen LogP contribution in [0.5, 0.6) is 0 Å². The van der Waals surface area contributed by atoms with E-state index >= 15 is 0 Å². The summed E-state index contributed by atoms with van der Waals surface area (Å²) in [7, 11) is 1.25. The lowest BCUT2D eigenvalue weighted by molar-refractivity contribution is -0.137. The maximum atomic E-state index is 11.6. The molecule has 0 aromatic carbocycles. The Morgan fingerprint density at radius 1 is 1.37 bits per heavy atom. The summed E-state index contributed by atoms with van der Waals surface area (Å²) >= 11 is 0. The third-order valence-electron chi connectivity index (χ3n) is 2.84. The molecule has 0 aliphatic rings. The van der Waals surface area contributed by atoms with Crippen molar-refractivity contribution in [1.29, 1.82) is 0 Å². The minimum Gasteiger partial charge on any atom is -0.465 e. The fourth-order valence-electron chi connectivity index (χ4n) is 1.87. The molecule has 0 radical (unpaired) electrons. The number of hydrogen-bond acceptors (Lipinski definition) is 4. The van der Waals surface area contributed by atoms with Gasteiger partial charge >= 0.3 is 5.97 Å². The molecule has 98 valence electrons. The van der Waals surface area contributed by atoms with Crippen LogP contribution in [0.2, 0.25) is 0 Å². The van der Waals surface area contributed by atoms with Crippen LogP contribution in [0, 0.1) is 6.92 Å². The van der Waals surface area contributed by atoms with Crippen LogP contribution in [-0.4, -0.2) is 28.5 Å². The Morgan fingerprint density at radius 2 is 2.11 bits per heavy atom. The van der Waals surface area contributed by atoms with Gasteiger partial charge in [-0.15, -0.1) is 0 Å². The maximum Gasteiger partial charge on any atom is 0.341 e. The number of esters is 1. The normalized spacial score (nSPS) is 11.6. The largest absolute Gasteiger partial charge is 0.465 e. The number of aryl methyl sites for hydroxylation is 1. The van der Waals surface area contributed by atoms with Crippen molar-refractivity contribution in [3.63, 3.8) is 0 Å². The van der Waals surface area contributed by atoms with E-state index in [1.54, 1.807) is 4.52 Å². The van der Waals surface area contributed by atoms with Gasteiger partial charge in [0.2, 0.25) is 0 Å². The van der Waals surface area contributed by atoms with Crippen LogP contribution < -0.4 is 0 Å². The third kappa shape index (κ3) is 2.40. The molecule has 0 saturated heterocycles. The molecule has 2 aromatic heterocycles. The number of carbonyl (C=O) groups is 2. The molecule has 0 saturated carbocycles. The first kappa shape index (κ1) is 13.0. The lowest BCUT2D eigenvalue weighted by Gasteiger charge is -2.01. The van der Waals surface area contributed by atoms with E-state index in [2.05, 4.69) is 9.84 Å². The molecule has 19 heavy (non-hydrogen) atoms. The number of aromatic nitrogens is 2. The van der Waals surface area contributed by atoms with Crippen molar-refractivity contribution in [2.75, 3.05) is 7.11 Å². The zero-order valence-corrected chi connectivity index (χ0v) is 11.0. The van der Waals surface area contributed by atoms with Crippen LogP contribution >= 0.6 is 0 Å². The van der Waals surface area contributed by atoms with Gasteiger partial charge in [-0.25, -0.2) is 9.31 Å². The summed E-state index contributed by atoms with van der Waals surface area (Å²) in [6.45, 7) is 3.16. The molecule has 0 spiro atoms. The fourth-order valence-corrected chi connectivity index (χ4v) is 1.87. The number of nitrogens with zero attached hydrogens (tertiary/aromatic N) is 2. The Morgan fingerprint density at radius 3 is 2.74 bits per heavy atom. The second-order valence-electron chi connectivity index (χ2n) is 4.14. The average Bonchev–Trinajstić information content (AvgIpc) is 2.70. The molecule has 0 N–H and O–H groups in total. The first-order valence-electron chi connectivity index (χ1n) is 5.79. The molecule has 5 nitrogen and oxygen atoms in total. The molecule has 5 heteroatoms. The number of pyridine rings is 1. The van der Waals surface area contributed by atoms with Crippen LogP contribution in [0.4, 0.5) is 0 Å². The standard InChI is InChI=1S/C14H14N2O3/c1-9-11(8-12(10(2)17)14(18)19-3)13-6-4-5-7-16(13)15-9/h4-8H,1-3H3. The summed E-state index contributed by atoms with van der Waals surface area (Å²) < 4.78 is 6.32. The molecular formula is C14H14N2O3. The van der Waals surface area contributed by atoms with E-state index in [1.807, 2.05) is 31.3 Å². The predicted octanol–water partition coefficient (Wildman–Crippen LogP) is 1.79. The van der Waals surface area contributed by atoms with Crippen LogP contribution in [0.3, 0.4) is 0 Å². The number of fused-ring (bicyclic) bond motifs is 1. The second kappa shape index (κ2) is 5.06. The van der Waals surface area contributed by atoms with Crippen molar-refractivity contribution in [2.24, 2.45) is 0 Å². The van der Waals surface area contributed by atoms with Gasteiger partial charge in [-0.3, -0.25) is 4.79 Å². The molecule has 0 atom stereocenters. The Balaban J connectivity index is 2.63. The summed E-state index contributed by atoms with van der Waals surface area (Å²) in [4.78, 5) is 23.1. The first-order chi connectivity index (χ1) is 9.04. The lowest BCUT2D eigenvalue weighted by Crippen LogP contribution is -2.11. The molecule has 0 unspecified atom stereocenters. The first-order valence-corrected chi connectivity index (χ1v) is 5.79. The van der Waals surface area contributed by atoms with E-state index < -0.39 is 5.97 Å². The molecule has 0 aliphatic heterocycles. The van der Waals surface area contributed by atoms with Crippen molar-refractivity contribution in [3.8, 4) is 0 Å². The summed E-state index contributed by atoms with van der Waals surface area (Å²) in [6, 6.07) is 5.61. The van der Waals surface area contributed by atoms with Gasteiger partial charge in [0.05, 0.1) is 18.3 Å². The quantitative estimate of drug-likeness (QED) is 0.364. The highest BCUT2D eigenvalue weighted by Crippen LogP contribution is 2.19. The van der Waals surface area contributed by atoms with E-state index in [9.17, 15) is 9.59 Å². The van der Waals surface area contributed by atoms with E-state index in [0.29, 0.717) is 0 Å². The van der Waals surface area contributed by atoms with Crippen LogP contribution in [0.15, 0.2) is 30.0 Å². The Bertz CT molecular complexity index is 683. The van der Waals surface area contributed by atoms with Gasteiger partial charge in [0.1, 0.15) is 5.57 Å². The lowest BCUT2D eigenvalue weighted by atomic mass is 10.1. The van der Waals surface area contributed by atoms with Crippen LogP contribution in [-0.2, 0) is 14.3 Å². The second-order valence-corrected chi connectivity index (χ2v) is 4.14. The number of ether oxygens (including phenoxy) is 1. The van der Waals surface area contributed by atoms with Crippen molar-refractivity contribution in [1.82, 2.24) is 9.61 Å². The maximum absolute atomic E-state index is 11.6. The van der Waals surface area contributed by atoms with Gasteiger partial charge in [-0.1, -0.05) is 6.07 Å². The number of carbonyl (C=O) groups excluding carboxylic acids is 2.